The fourth-order valence-electron chi connectivity index (χ4n) is 3.64. The van der Waals surface area contributed by atoms with E-state index in [0.717, 1.165) is 16.9 Å². The fraction of sp³-hybridized carbons (Fsp3) is 0.571. The van der Waals surface area contributed by atoms with Crippen molar-refractivity contribution in [3.8, 4) is 5.75 Å². The van der Waals surface area contributed by atoms with Crippen LogP contribution in [0.25, 0.3) is 5.57 Å². The second-order valence-electron chi connectivity index (χ2n) is 9.30. The van der Waals surface area contributed by atoms with Gasteiger partial charge in [-0.25, -0.2) is 10.0 Å². The molecule has 0 aliphatic carbocycles. The fourth-order valence-corrected chi connectivity index (χ4v) is 3.64. The van der Waals surface area contributed by atoms with E-state index < -0.39 is 10.4 Å². The van der Waals surface area contributed by atoms with Crippen LogP contribution in [0.5, 0.6) is 5.75 Å². The highest BCUT2D eigenvalue weighted by molar-refractivity contribution is 5.80. The van der Waals surface area contributed by atoms with Gasteiger partial charge in [-0.3, -0.25) is 0 Å². The molecule has 0 fully saturated rings. The lowest BCUT2D eigenvalue weighted by molar-refractivity contribution is -0.00473. The molecule has 0 bridgehead atoms. The number of fused-ring (bicyclic) bond motifs is 1. The highest BCUT2D eigenvalue weighted by Gasteiger charge is 2.34. The monoisotopic (exact) mass is 390 g/mol. The molecule has 1 amide bonds. The lowest BCUT2D eigenvalue weighted by Gasteiger charge is -2.33. The van der Waals surface area contributed by atoms with Crippen LogP contribution in [-0.2, 0) is 11.2 Å². The summed E-state index contributed by atoms with van der Waals surface area (Å²) in [6, 6.07) is 3.59. The van der Waals surface area contributed by atoms with Gasteiger partial charge in [0.05, 0.1) is 0 Å². The molecule has 0 saturated carbocycles. The summed E-state index contributed by atoms with van der Waals surface area (Å²) in [5.74, 6) is 0.743. The van der Waals surface area contributed by atoms with Gasteiger partial charge in [0.15, 0.2) is 5.69 Å². The molecule has 154 valence electrons. The number of quaternary nitrogens is 1. The summed E-state index contributed by atoms with van der Waals surface area (Å²) in [6.45, 7) is 10.4. The first-order valence-corrected chi connectivity index (χ1v) is 9.59. The lowest BCUT2D eigenvalue weighted by Crippen LogP contribution is -2.39. The first-order valence-electron chi connectivity index (χ1n) is 9.59. The molecule has 28 heavy (non-hydrogen) atoms. The van der Waals surface area contributed by atoms with E-state index in [9.17, 15) is 15.2 Å². The van der Waals surface area contributed by atoms with E-state index in [2.05, 4.69) is 0 Å². The highest BCUT2D eigenvalue weighted by Crippen LogP contribution is 2.43. The Morgan fingerprint density at radius 3 is 2.57 bits per heavy atom. The van der Waals surface area contributed by atoms with E-state index in [1.807, 2.05) is 46.8 Å². The molecular weight excluding hydrogens is 360 g/mol. The third kappa shape index (κ3) is 4.48. The molecule has 0 radical (unpaired) electrons. The molecule has 0 spiro atoms. The van der Waals surface area contributed by atoms with Crippen LogP contribution in [0.1, 0.15) is 52.2 Å². The summed E-state index contributed by atoms with van der Waals surface area (Å²) >= 11 is 0. The molecule has 0 saturated heterocycles. The van der Waals surface area contributed by atoms with Crippen LogP contribution in [0.4, 0.5) is 10.5 Å². The molecule has 7 nitrogen and oxygen atoms in total. The average Bonchev–Trinajstić information content (AvgIpc) is 2.84. The number of nitrogens with zero attached hydrogens (tertiary/aromatic N) is 2. The minimum atomic E-state index is -1.50. The van der Waals surface area contributed by atoms with Crippen LogP contribution in [0.15, 0.2) is 18.2 Å². The van der Waals surface area contributed by atoms with Crippen molar-refractivity contribution in [1.82, 2.24) is 9.71 Å². The predicted molar refractivity (Wildman–Crippen MR) is 108 cm³/mol. The number of carbonyl (C=O) groups is 1. The predicted octanol–water partition coefficient (Wildman–Crippen LogP) is 4.25. The summed E-state index contributed by atoms with van der Waals surface area (Å²) in [7, 11) is 1.20. The zero-order valence-corrected chi connectivity index (χ0v) is 17.5. The Bertz CT molecular complexity index is 815. The van der Waals surface area contributed by atoms with Crippen molar-refractivity contribution in [2.24, 2.45) is 0 Å². The zero-order chi connectivity index (χ0) is 20.9. The van der Waals surface area contributed by atoms with E-state index in [0.29, 0.717) is 31.5 Å². The van der Waals surface area contributed by atoms with Gasteiger partial charge in [0.2, 0.25) is 0 Å². The number of benzene rings is 1. The van der Waals surface area contributed by atoms with Crippen molar-refractivity contribution >= 4 is 17.4 Å². The van der Waals surface area contributed by atoms with Gasteiger partial charge in [0.1, 0.15) is 24.0 Å². The van der Waals surface area contributed by atoms with E-state index >= 15 is 0 Å². The number of carbonyl (C=O) groups excluding carboxylic acids is 1. The van der Waals surface area contributed by atoms with Crippen molar-refractivity contribution in [2.45, 2.75) is 58.7 Å². The zero-order valence-electron chi connectivity index (χ0n) is 17.5. The molecule has 1 atom stereocenters. The third-order valence-corrected chi connectivity index (χ3v) is 4.84. The molecule has 3 rings (SSSR count). The van der Waals surface area contributed by atoms with E-state index in [1.165, 1.54) is 7.05 Å². The van der Waals surface area contributed by atoms with Gasteiger partial charge in [0.25, 0.3) is 0 Å². The maximum atomic E-state index is 12.4. The number of hydrogen-bond donors (Lipinski definition) is 1. The first kappa shape index (κ1) is 20.6. The van der Waals surface area contributed by atoms with Gasteiger partial charge in [-0.2, -0.15) is 4.81 Å². The van der Waals surface area contributed by atoms with Crippen molar-refractivity contribution in [3.63, 3.8) is 0 Å². The number of hydroxylamine groups is 2. The summed E-state index contributed by atoms with van der Waals surface area (Å²) < 4.78 is 11.4. The Labute approximate surface area is 166 Å². The van der Waals surface area contributed by atoms with Gasteiger partial charge in [-0.05, 0) is 52.7 Å². The Morgan fingerprint density at radius 1 is 1.36 bits per heavy atom. The Kier molecular flexibility index (Phi) is 4.98. The minimum absolute atomic E-state index is 0.289. The largest absolute Gasteiger partial charge is 0.593 e. The molecule has 1 N–H and O–H groups in total. The first-order chi connectivity index (χ1) is 12.8. The molecule has 1 aromatic rings. The van der Waals surface area contributed by atoms with E-state index in [-0.39, 0.29) is 17.4 Å². The maximum Gasteiger partial charge on any atom is 0.410 e. The molecule has 0 aromatic heterocycles. The second kappa shape index (κ2) is 6.76. The maximum absolute atomic E-state index is 12.4. The number of rotatable bonds is 2. The van der Waals surface area contributed by atoms with Crippen LogP contribution in [-0.4, -0.2) is 47.5 Å². The van der Waals surface area contributed by atoms with E-state index in [4.69, 9.17) is 9.47 Å². The Hall–Kier alpha value is -2.09. The molecule has 2 aliphatic heterocycles. The molecular formula is C21H30N2O5. The van der Waals surface area contributed by atoms with Crippen LogP contribution in [0.3, 0.4) is 0 Å². The van der Waals surface area contributed by atoms with Gasteiger partial charge < -0.3 is 19.6 Å². The summed E-state index contributed by atoms with van der Waals surface area (Å²) in [5, 5.41) is 22.6. The highest BCUT2D eigenvalue weighted by atomic mass is 16.8. The van der Waals surface area contributed by atoms with E-state index in [1.54, 1.807) is 11.0 Å². The second-order valence-corrected chi connectivity index (χ2v) is 9.30. The third-order valence-electron chi connectivity index (χ3n) is 4.84. The van der Waals surface area contributed by atoms with Crippen LogP contribution >= 0.6 is 0 Å². The number of ether oxygens (including phenoxy) is 2. The normalized spacial score (nSPS) is 20.7. The topological polar surface area (TPSA) is 82.1 Å². The average molecular weight is 390 g/mol. The van der Waals surface area contributed by atoms with Crippen LogP contribution in [0.2, 0.25) is 0 Å². The summed E-state index contributed by atoms with van der Waals surface area (Å²) in [4.78, 5) is 12.4. The number of amides is 1. The molecule has 2 aliphatic rings. The lowest BCUT2D eigenvalue weighted by atomic mass is 9.94. The Balaban J connectivity index is 1.89. The standard InChI is InChI=1S/C21H30N2O5/c1-20(2,3)28-19(24)22-9-7-14(8-10-22)16-12-18-15(13-21(4,5)27-18)11-17(16)23(6,25)26/h7,11-12,25H,8-10,13H2,1-6H3. The molecule has 1 unspecified atom stereocenters. The number of hydrogen-bond acceptors (Lipinski definition) is 5. The van der Waals surface area contributed by atoms with Gasteiger partial charge in [-0.15, -0.1) is 0 Å². The molecule has 1 aromatic carbocycles. The van der Waals surface area contributed by atoms with Crippen LogP contribution < -0.4 is 9.55 Å². The van der Waals surface area contributed by atoms with Gasteiger partial charge >= 0.3 is 6.09 Å². The molecule has 7 heteroatoms. The smallest absolute Gasteiger partial charge is 0.410 e. The van der Waals surface area contributed by atoms with Crippen molar-refractivity contribution < 1.29 is 19.5 Å². The van der Waals surface area contributed by atoms with Crippen molar-refractivity contribution in [1.29, 1.82) is 0 Å². The van der Waals surface area contributed by atoms with Crippen molar-refractivity contribution in [2.75, 3.05) is 20.1 Å². The quantitative estimate of drug-likeness (QED) is 0.603. The minimum Gasteiger partial charge on any atom is -0.593 e. The van der Waals surface area contributed by atoms with Crippen LogP contribution in [0, 0.1) is 5.21 Å². The van der Waals surface area contributed by atoms with Crippen molar-refractivity contribution in [3.05, 3.63) is 34.5 Å². The van der Waals surface area contributed by atoms with Gasteiger partial charge in [-0.1, -0.05) is 6.08 Å². The SMILES string of the molecule is CC(C)(C)OC(=O)N1CC=C(c2cc3c(cc2[N+](C)([O-])O)CC(C)(C)O3)CC1. The Morgan fingerprint density at radius 2 is 2.04 bits per heavy atom. The molecule has 2 heterocycles. The van der Waals surface area contributed by atoms with Gasteiger partial charge in [0, 0.05) is 36.7 Å². The summed E-state index contributed by atoms with van der Waals surface area (Å²) in [5.41, 5.74) is 1.91. The summed E-state index contributed by atoms with van der Waals surface area (Å²) in [6.07, 6.45) is 2.80.